The lowest BCUT2D eigenvalue weighted by atomic mass is 10.1. The highest BCUT2D eigenvalue weighted by Crippen LogP contribution is 2.13. The van der Waals surface area contributed by atoms with Crippen LogP contribution in [0.15, 0.2) is 76.2 Å². The first-order valence-corrected chi connectivity index (χ1v) is 10.9. The van der Waals surface area contributed by atoms with E-state index in [1.165, 1.54) is 43.5 Å². The van der Waals surface area contributed by atoms with E-state index < -0.39 is 28.5 Å². The monoisotopic (exact) mass is 456 g/mol. The SMILES string of the molecule is CC(=O)c1cccc(NC(=O)COC(=O)c2ccc(S(=O)(=O)NCc3ccco3)cc2)c1. The molecule has 32 heavy (non-hydrogen) atoms. The van der Waals surface area contributed by atoms with Gasteiger partial charge in [0.1, 0.15) is 5.76 Å². The topological polar surface area (TPSA) is 132 Å². The van der Waals surface area contributed by atoms with Crippen LogP contribution in [0.4, 0.5) is 5.69 Å². The van der Waals surface area contributed by atoms with Gasteiger partial charge in [0.05, 0.1) is 23.3 Å². The molecule has 0 bridgehead atoms. The van der Waals surface area contributed by atoms with Gasteiger partial charge in [0, 0.05) is 11.3 Å². The number of esters is 1. The molecule has 1 heterocycles. The molecule has 0 radical (unpaired) electrons. The predicted molar refractivity (Wildman–Crippen MR) is 115 cm³/mol. The maximum absolute atomic E-state index is 12.3. The fourth-order valence-electron chi connectivity index (χ4n) is 2.66. The number of furan rings is 1. The molecule has 0 aliphatic heterocycles. The summed E-state index contributed by atoms with van der Waals surface area (Å²) < 4.78 is 37.1. The summed E-state index contributed by atoms with van der Waals surface area (Å²) >= 11 is 0. The van der Waals surface area contributed by atoms with Crippen LogP contribution in [0.2, 0.25) is 0 Å². The minimum absolute atomic E-state index is 0.0104. The Balaban J connectivity index is 1.53. The molecular formula is C22H20N2O7S. The van der Waals surface area contributed by atoms with Crippen LogP contribution in [-0.4, -0.2) is 32.7 Å². The van der Waals surface area contributed by atoms with E-state index in [1.807, 2.05) is 0 Å². The van der Waals surface area contributed by atoms with Gasteiger partial charge in [0.25, 0.3) is 5.91 Å². The van der Waals surface area contributed by atoms with E-state index in [0.717, 1.165) is 0 Å². The molecule has 3 rings (SSSR count). The van der Waals surface area contributed by atoms with Crippen molar-refractivity contribution in [3.63, 3.8) is 0 Å². The molecular weight excluding hydrogens is 436 g/mol. The molecule has 0 saturated carbocycles. The largest absolute Gasteiger partial charge is 0.468 e. The molecule has 0 spiro atoms. The van der Waals surface area contributed by atoms with Gasteiger partial charge in [-0.25, -0.2) is 17.9 Å². The molecule has 1 aromatic heterocycles. The Bertz CT molecular complexity index is 1220. The number of Topliss-reactive ketones (excluding diaryl/α,β-unsaturated/α-hetero) is 1. The number of nitrogens with one attached hydrogen (secondary N) is 2. The number of benzene rings is 2. The highest BCUT2D eigenvalue weighted by molar-refractivity contribution is 7.89. The second kappa shape index (κ2) is 10.0. The molecule has 9 nitrogen and oxygen atoms in total. The van der Waals surface area contributed by atoms with Crippen molar-refractivity contribution in [1.82, 2.24) is 4.72 Å². The predicted octanol–water partition coefficient (Wildman–Crippen LogP) is 2.76. The molecule has 166 valence electrons. The second-order valence-electron chi connectivity index (χ2n) is 6.69. The molecule has 0 unspecified atom stereocenters. The summed E-state index contributed by atoms with van der Waals surface area (Å²) in [4.78, 5) is 35.5. The van der Waals surface area contributed by atoms with Gasteiger partial charge in [-0.15, -0.1) is 0 Å². The van der Waals surface area contributed by atoms with Crippen molar-refractivity contribution >= 4 is 33.4 Å². The zero-order valence-electron chi connectivity index (χ0n) is 17.0. The number of ether oxygens (including phenoxy) is 1. The van der Waals surface area contributed by atoms with E-state index in [9.17, 15) is 22.8 Å². The summed E-state index contributed by atoms with van der Waals surface area (Å²) in [7, 11) is -3.80. The highest BCUT2D eigenvalue weighted by Gasteiger charge is 2.16. The van der Waals surface area contributed by atoms with Crippen LogP contribution in [0, 0.1) is 0 Å². The summed E-state index contributed by atoms with van der Waals surface area (Å²) in [5, 5.41) is 2.53. The number of hydrogen-bond acceptors (Lipinski definition) is 7. The van der Waals surface area contributed by atoms with Crippen LogP contribution in [-0.2, 0) is 26.1 Å². The number of rotatable bonds is 9. The molecule has 2 N–H and O–H groups in total. The lowest BCUT2D eigenvalue weighted by molar-refractivity contribution is -0.119. The van der Waals surface area contributed by atoms with Gasteiger partial charge < -0.3 is 14.5 Å². The van der Waals surface area contributed by atoms with Crippen LogP contribution in [0.5, 0.6) is 0 Å². The smallest absolute Gasteiger partial charge is 0.338 e. The number of anilines is 1. The van der Waals surface area contributed by atoms with E-state index in [-0.39, 0.29) is 22.8 Å². The summed E-state index contributed by atoms with van der Waals surface area (Å²) in [5.74, 6) is -1.06. The molecule has 3 aromatic rings. The van der Waals surface area contributed by atoms with Gasteiger partial charge in [-0.1, -0.05) is 12.1 Å². The third kappa shape index (κ3) is 6.13. The lowest BCUT2D eigenvalue weighted by Crippen LogP contribution is -2.23. The fraction of sp³-hybridized carbons (Fsp3) is 0.136. The Labute approximate surface area is 184 Å². The zero-order valence-corrected chi connectivity index (χ0v) is 17.8. The Kier molecular flexibility index (Phi) is 7.18. The summed E-state index contributed by atoms with van der Waals surface area (Å²) in [5.41, 5.74) is 0.921. The van der Waals surface area contributed by atoms with Crippen LogP contribution in [0.1, 0.15) is 33.4 Å². The van der Waals surface area contributed by atoms with Crippen LogP contribution >= 0.6 is 0 Å². The normalized spacial score (nSPS) is 11.0. The molecule has 10 heteroatoms. The first-order valence-electron chi connectivity index (χ1n) is 9.45. The van der Waals surface area contributed by atoms with Crippen molar-refractivity contribution in [2.45, 2.75) is 18.4 Å². The van der Waals surface area contributed by atoms with Crippen molar-refractivity contribution in [1.29, 1.82) is 0 Å². The number of carbonyl (C=O) groups is 3. The average molecular weight is 456 g/mol. The van der Waals surface area contributed by atoms with E-state index in [0.29, 0.717) is 17.0 Å². The van der Waals surface area contributed by atoms with Gasteiger partial charge in [-0.3, -0.25) is 9.59 Å². The van der Waals surface area contributed by atoms with Crippen LogP contribution in [0.3, 0.4) is 0 Å². The standard InChI is InChI=1S/C22H20N2O7S/c1-15(25)17-4-2-5-18(12-17)24-21(26)14-31-22(27)16-7-9-20(10-8-16)32(28,29)23-13-19-6-3-11-30-19/h2-12,23H,13-14H2,1H3,(H,24,26). The number of sulfonamides is 1. The van der Waals surface area contributed by atoms with E-state index in [1.54, 1.807) is 30.3 Å². The minimum Gasteiger partial charge on any atom is -0.468 e. The molecule has 0 fully saturated rings. The van der Waals surface area contributed by atoms with Crippen LogP contribution in [0.25, 0.3) is 0 Å². The van der Waals surface area contributed by atoms with E-state index >= 15 is 0 Å². The van der Waals surface area contributed by atoms with E-state index in [4.69, 9.17) is 9.15 Å². The Morgan fingerprint density at radius 2 is 1.72 bits per heavy atom. The third-order valence-electron chi connectivity index (χ3n) is 4.30. The summed E-state index contributed by atoms with van der Waals surface area (Å²) in [6.07, 6.45) is 1.44. The molecule has 0 atom stereocenters. The van der Waals surface area contributed by atoms with Gasteiger partial charge in [-0.05, 0) is 55.5 Å². The molecule has 0 aliphatic carbocycles. The molecule has 2 aromatic carbocycles. The fourth-order valence-corrected chi connectivity index (χ4v) is 3.65. The summed E-state index contributed by atoms with van der Waals surface area (Å²) in [6.45, 7) is 0.853. The number of ketones is 1. The highest BCUT2D eigenvalue weighted by atomic mass is 32.2. The molecule has 1 amide bonds. The van der Waals surface area contributed by atoms with Crippen molar-refractivity contribution in [3.05, 3.63) is 83.8 Å². The average Bonchev–Trinajstić information content (AvgIpc) is 3.30. The Morgan fingerprint density at radius 3 is 2.38 bits per heavy atom. The van der Waals surface area contributed by atoms with Crippen molar-refractivity contribution in [2.24, 2.45) is 0 Å². The number of carbonyl (C=O) groups excluding carboxylic acids is 3. The minimum atomic E-state index is -3.80. The summed E-state index contributed by atoms with van der Waals surface area (Å²) in [6, 6.07) is 14.7. The van der Waals surface area contributed by atoms with E-state index in [2.05, 4.69) is 10.0 Å². The second-order valence-corrected chi connectivity index (χ2v) is 8.46. The Hall–Kier alpha value is -3.76. The Morgan fingerprint density at radius 1 is 0.969 bits per heavy atom. The van der Waals surface area contributed by atoms with Crippen molar-refractivity contribution in [3.8, 4) is 0 Å². The van der Waals surface area contributed by atoms with Gasteiger partial charge in [0.15, 0.2) is 12.4 Å². The first kappa shape index (κ1) is 22.9. The molecule has 0 aliphatic rings. The third-order valence-corrected chi connectivity index (χ3v) is 5.72. The number of amides is 1. The van der Waals surface area contributed by atoms with Gasteiger partial charge in [-0.2, -0.15) is 0 Å². The molecule has 0 saturated heterocycles. The first-order chi connectivity index (χ1) is 15.2. The number of hydrogen-bond donors (Lipinski definition) is 2. The quantitative estimate of drug-likeness (QED) is 0.374. The maximum Gasteiger partial charge on any atom is 0.338 e. The van der Waals surface area contributed by atoms with Crippen molar-refractivity contribution in [2.75, 3.05) is 11.9 Å². The lowest BCUT2D eigenvalue weighted by Gasteiger charge is -2.08. The maximum atomic E-state index is 12.3. The van der Waals surface area contributed by atoms with Gasteiger partial charge >= 0.3 is 5.97 Å². The zero-order chi connectivity index (χ0) is 23.1. The van der Waals surface area contributed by atoms with Crippen LogP contribution < -0.4 is 10.0 Å². The van der Waals surface area contributed by atoms with Gasteiger partial charge in [0.2, 0.25) is 10.0 Å². The van der Waals surface area contributed by atoms with Crippen molar-refractivity contribution < 1.29 is 32.0 Å².